The van der Waals surface area contributed by atoms with Crippen LogP contribution in [0.4, 0.5) is 0 Å². The van der Waals surface area contributed by atoms with E-state index in [1.807, 2.05) is 0 Å². The first-order chi connectivity index (χ1) is 15.3. The summed E-state index contributed by atoms with van der Waals surface area (Å²) in [6, 6.07) is 14.8. The smallest absolute Gasteiger partial charge is 0.135 e. The third kappa shape index (κ3) is 6.34. The van der Waals surface area contributed by atoms with Gasteiger partial charge >= 0.3 is 0 Å². The van der Waals surface area contributed by atoms with Crippen molar-refractivity contribution in [3.63, 3.8) is 0 Å². The van der Waals surface area contributed by atoms with Gasteiger partial charge in [-0.25, -0.2) is 0 Å². The van der Waals surface area contributed by atoms with Crippen LogP contribution in [-0.4, -0.2) is 36.6 Å². The van der Waals surface area contributed by atoms with E-state index in [-0.39, 0.29) is 13.2 Å². The quantitative estimate of drug-likeness (QED) is 0.240. The normalized spacial score (nSPS) is 11.3. The minimum atomic E-state index is 0.262. The maximum atomic E-state index is 8.95. The Labute approximate surface area is 185 Å². The molecule has 0 saturated heterocycles. The summed E-state index contributed by atoms with van der Waals surface area (Å²) in [5.74, 6) is 1.87. The second-order valence-electron chi connectivity index (χ2n) is 8.23. The zero-order valence-electron chi connectivity index (χ0n) is 18.7. The van der Waals surface area contributed by atoms with Crippen LogP contribution in [0.5, 0.6) is 11.5 Å². The number of aliphatic hydroxyl groups is 2. The molecule has 0 amide bonds. The lowest BCUT2D eigenvalue weighted by Gasteiger charge is -2.18. The van der Waals surface area contributed by atoms with E-state index in [9.17, 15) is 0 Å². The molecule has 0 heterocycles. The van der Waals surface area contributed by atoms with E-state index in [0.717, 1.165) is 84.4 Å². The summed E-state index contributed by atoms with van der Waals surface area (Å²) < 4.78 is 12.7. The van der Waals surface area contributed by atoms with Gasteiger partial charge in [-0.1, -0.05) is 54.8 Å². The Morgan fingerprint density at radius 1 is 0.581 bits per heavy atom. The highest BCUT2D eigenvalue weighted by Gasteiger charge is 2.16. The number of aryl methyl sites for hydroxylation is 1. The molecule has 0 bridgehead atoms. The van der Waals surface area contributed by atoms with Crippen LogP contribution in [0.15, 0.2) is 42.5 Å². The summed E-state index contributed by atoms with van der Waals surface area (Å²) in [4.78, 5) is 0. The monoisotopic (exact) mass is 424 g/mol. The Balaban J connectivity index is 1.86. The fourth-order valence-corrected chi connectivity index (χ4v) is 4.01. The van der Waals surface area contributed by atoms with Crippen molar-refractivity contribution in [1.29, 1.82) is 0 Å². The summed E-state index contributed by atoms with van der Waals surface area (Å²) in [7, 11) is 0. The first kappa shape index (κ1) is 23.4. The highest BCUT2D eigenvalue weighted by molar-refractivity contribution is 6.11. The summed E-state index contributed by atoms with van der Waals surface area (Å²) in [6.45, 7) is 3.97. The molecule has 0 fully saturated rings. The van der Waals surface area contributed by atoms with Crippen LogP contribution in [-0.2, 0) is 0 Å². The Morgan fingerprint density at radius 3 is 1.61 bits per heavy atom. The van der Waals surface area contributed by atoms with E-state index >= 15 is 0 Å². The first-order valence-electron chi connectivity index (χ1n) is 11.7. The molecule has 3 aromatic carbocycles. The van der Waals surface area contributed by atoms with Gasteiger partial charge in [-0.2, -0.15) is 0 Å². The van der Waals surface area contributed by atoms with Crippen LogP contribution in [0.1, 0.15) is 56.9 Å². The molecule has 0 aliphatic carbocycles. The van der Waals surface area contributed by atoms with Gasteiger partial charge in [0.25, 0.3) is 0 Å². The van der Waals surface area contributed by atoms with E-state index in [4.69, 9.17) is 19.7 Å². The van der Waals surface area contributed by atoms with E-state index in [1.54, 1.807) is 0 Å². The molecule has 0 atom stereocenters. The molecule has 2 N–H and O–H groups in total. The van der Waals surface area contributed by atoms with Crippen LogP contribution in [0.2, 0.25) is 0 Å². The van der Waals surface area contributed by atoms with Crippen molar-refractivity contribution in [2.45, 2.75) is 58.3 Å². The number of unbranched alkanes of at least 4 members (excludes halogenated alkanes) is 6. The minimum absolute atomic E-state index is 0.262. The van der Waals surface area contributed by atoms with E-state index in [2.05, 4.69) is 49.4 Å². The molecule has 0 saturated carbocycles. The molecular formula is C27H36O4. The Kier molecular flexibility index (Phi) is 9.44. The molecular weight excluding hydrogens is 388 g/mol. The van der Waals surface area contributed by atoms with E-state index < -0.39 is 0 Å². The van der Waals surface area contributed by atoms with Crippen molar-refractivity contribution in [3.05, 3.63) is 48.0 Å². The third-order valence-corrected chi connectivity index (χ3v) is 5.68. The van der Waals surface area contributed by atoms with Gasteiger partial charge in [-0.05, 0) is 51.5 Å². The van der Waals surface area contributed by atoms with Crippen molar-refractivity contribution in [3.8, 4) is 11.5 Å². The first-order valence-corrected chi connectivity index (χ1v) is 11.7. The van der Waals surface area contributed by atoms with Gasteiger partial charge in [-0.3, -0.25) is 0 Å². The van der Waals surface area contributed by atoms with Crippen molar-refractivity contribution < 1.29 is 19.7 Å². The zero-order chi connectivity index (χ0) is 21.9. The summed E-state index contributed by atoms with van der Waals surface area (Å²) in [6.07, 6.45) is 7.87. The molecule has 0 aliphatic heterocycles. The fraction of sp³-hybridized carbons (Fsp3) is 0.481. The standard InChI is InChI=1S/C27H36O4/c1-21-14-15-24-25(20-21)27(31-19-11-5-3-9-17-29)23-13-7-6-12-22(23)26(24)30-18-10-4-2-8-16-28/h6-7,12-15,20,28-29H,2-5,8-11,16-19H2,1H3. The Bertz CT molecular complexity index is 951. The van der Waals surface area contributed by atoms with Gasteiger partial charge in [0.2, 0.25) is 0 Å². The summed E-state index contributed by atoms with van der Waals surface area (Å²) in [5.41, 5.74) is 1.20. The van der Waals surface area contributed by atoms with Crippen LogP contribution < -0.4 is 9.47 Å². The topological polar surface area (TPSA) is 58.9 Å². The van der Waals surface area contributed by atoms with Crippen LogP contribution in [0, 0.1) is 6.92 Å². The molecule has 0 aliphatic rings. The maximum absolute atomic E-state index is 8.95. The molecule has 4 nitrogen and oxygen atoms in total. The molecule has 168 valence electrons. The van der Waals surface area contributed by atoms with Crippen molar-refractivity contribution in [1.82, 2.24) is 0 Å². The number of aliphatic hydroxyl groups excluding tert-OH is 2. The van der Waals surface area contributed by atoms with Crippen LogP contribution >= 0.6 is 0 Å². The minimum Gasteiger partial charge on any atom is -0.492 e. The number of hydrogen-bond donors (Lipinski definition) is 2. The van der Waals surface area contributed by atoms with Crippen molar-refractivity contribution in [2.75, 3.05) is 26.4 Å². The maximum Gasteiger partial charge on any atom is 0.135 e. The molecule has 0 spiro atoms. The highest BCUT2D eigenvalue weighted by Crippen LogP contribution is 2.43. The average molecular weight is 425 g/mol. The SMILES string of the molecule is Cc1ccc2c(OCCCCCCO)c3ccccc3c(OCCCCCCO)c2c1. The molecule has 4 heteroatoms. The zero-order valence-corrected chi connectivity index (χ0v) is 18.7. The average Bonchev–Trinajstić information content (AvgIpc) is 2.79. The van der Waals surface area contributed by atoms with Gasteiger partial charge in [0.05, 0.1) is 13.2 Å². The van der Waals surface area contributed by atoms with Gasteiger partial charge in [-0.15, -0.1) is 0 Å². The molecule has 0 unspecified atom stereocenters. The molecule has 0 aromatic heterocycles. The van der Waals surface area contributed by atoms with Crippen LogP contribution in [0.3, 0.4) is 0 Å². The van der Waals surface area contributed by atoms with E-state index in [0.29, 0.717) is 13.2 Å². The highest BCUT2D eigenvalue weighted by atomic mass is 16.5. The third-order valence-electron chi connectivity index (χ3n) is 5.68. The van der Waals surface area contributed by atoms with Crippen molar-refractivity contribution in [2.24, 2.45) is 0 Å². The van der Waals surface area contributed by atoms with Gasteiger partial charge < -0.3 is 19.7 Å². The number of benzene rings is 3. The Morgan fingerprint density at radius 2 is 1.06 bits per heavy atom. The lowest BCUT2D eigenvalue weighted by atomic mass is 9.99. The number of rotatable bonds is 14. The van der Waals surface area contributed by atoms with Crippen molar-refractivity contribution >= 4 is 21.5 Å². The van der Waals surface area contributed by atoms with Gasteiger partial charge in [0.15, 0.2) is 0 Å². The number of ether oxygens (including phenoxy) is 2. The lowest BCUT2D eigenvalue weighted by Crippen LogP contribution is -2.02. The number of fused-ring (bicyclic) bond motifs is 2. The molecule has 3 rings (SSSR count). The molecule has 31 heavy (non-hydrogen) atoms. The molecule has 3 aromatic rings. The second-order valence-corrected chi connectivity index (χ2v) is 8.23. The lowest BCUT2D eigenvalue weighted by molar-refractivity contribution is 0.274. The fourth-order valence-electron chi connectivity index (χ4n) is 4.01. The molecule has 0 radical (unpaired) electrons. The van der Waals surface area contributed by atoms with Gasteiger partial charge in [0, 0.05) is 34.8 Å². The largest absolute Gasteiger partial charge is 0.492 e. The second kappa shape index (κ2) is 12.5. The van der Waals surface area contributed by atoms with Crippen LogP contribution in [0.25, 0.3) is 21.5 Å². The Hall–Kier alpha value is -2.30. The number of hydrogen-bond acceptors (Lipinski definition) is 4. The summed E-state index contributed by atoms with van der Waals surface area (Å²) in [5, 5.41) is 22.3. The van der Waals surface area contributed by atoms with Gasteiger partial charge in [0.1, 0.15) is 11.5 Å². The predicted octanol–water partition coefficient (Wildman–Crippen LogP) is 6.16. The van der Waals surface area contributed by atoms with E-state index in [1.165, 1.54) is 5.56 Å². The predicted molar refractivity (Wildman–Crippen MR) is 128 cm³/mol. The summed E-state index contributed by atoms with van der Waals surface area (Å²) >= 11 is 0.